The van der Waals surface area contributed by atoms with E-state index in [1.807, 2.05) is 0 Å². The molecule has 0 aromatic rings. The zero-order chi connectivity index (χ0) is 26.3. The predicted molar refractivity (Wildman–Crippen MR) is 141 cm³/mol. The Balaban J connectivity index is 0.000000153. The van der Waals surface area contributed by atoms with Crippen LogP contribution in [-0.4, -0.2) is 104 Å². The Labute approximate surface area is 225 Å². The van der Waals surface area contributed by atoms with E-state index in [2.05, 4.69) is 29.5 Å². The van der Waals surface area contributed by atoms with Gasteiger partial charge in [0.2, 0.25) is 0 Å². The minimum atomic E-state index is -1.08. The highest BCUT2D eigenvalue weighted by molar-refractivity contribution is 8.14. The second-order valence-electron chi connectivity index (χ2n) is 10.7. The number of amidine groups is 2. The van der Waals surface area contributed by atoms with Crippen LogP contribution in [0.3, 0.4) is 0 Å². The maximum atomic E-state index is 11.0. The van der Waals surface area contributed by atoms with Gasteiger partial charge in [0.05, 0.1) is 18.8 Å². The molecule has 6 aliphatic rings. The van der Waals surface area contributed by atoms with E-state index >= 15 is 0 Å². The van der Waals surface area contributed by atoms with Gasteiger partial charge in [0, 0.05) is 19.0 Å². The number of aliphatic hydroxyl groups is 3. The van der Waals surface area contributed by atoms with Crippen molar-refractivity contribution >= 4 is 39.8 Å². The summed E-state index contributed by atoms with van der Waals surface area (Å²) in [6.45, 7) is 5.85. The van der Waals surface area contributed by atoms with Gasteiger partial charge in [-0.05, 0) is 37.5 Å². The summed E-state index contributed by atoms with van der Waals surface area (Å²) in [5.41, 5.74) is -0.255. The van der Waals surface area contributed by atoms with Gasteiger partial charge in [0.25, 0.3) is 0 Å². The lowest BCUT2D eigenvalue weighted by Gasteiger charge is -2.40. The Morgan fingerprint density at radius 2 is 1.46 bits per heavy atom. The van der Waals surface area contributed by atoms with E-state index in [9.17, 15) is 15.0 Å². The van der Waals surface area contributed by atoms with Gasteiger partial charge >= 0.3 is 5.97 Å². The molecule has 10 atom stereocenters. The van der Waals surface area contributed by atoms with Crippen molar-refractivity contribution in [3.05, 3.63) is 0 Å². The lowest BCUT2D eigenvalue weighted by atomic mass is 9.83. The molecule has 37 heavy (non-hydrogen) atoms. The Morgan fingerprint density at radius 1 is 0.919 bits per heavy atom. The van der Waals surface area contributed by atoms with Crippen LogP contribution < -0.4 is 10.6 Å². The fourth-order valence-corrected chi connectivity index (χ4v) is 7.22. The topological polar surface area (TPSA) is 154 Å². The first kappa shape index (κ1) is 27.5. The SMILES string of the molecule is CC(=O)OC[C@H]1OC2SC(NC3CC3)=NC2[C@@H](C)[C@@H]1C.OC[C@H]1OC2SC(NC3CC3)=NC2[C@@H](O)[C@@H]1O. The van der Waals surface area contributed by atoms with Gasteiger partial charge in [-0.1, -0.05) is 37.4 Å². The average molecular weight is 559 g/mol. The quantitative estimate of drug-likeness (QED) is 0.298. The zero-order valence-electron chi connectivity index (χ0n) is 21.4. The second-order valence-corrected chi connectivity index (χ2v) is 12.9. The molecule has 0 aromatic carbocycles. The van der Waals surface area contributed by atoms with E-state index in [4.69, 9.17) is 24.3 Å². The van der Waals surface area contributed by atoms with Gasteiger partial charge in [-0.25, -0.2) is 0 Å². The van der Waals surface area contributed by atoms with Crippen molar-refractivity contribution in [3.63, 3.8) is 0 Å². The fourth-order valence-electron chi connectivity index (χ4n) is 4.74. The molecule has 4 unspecified atom stereocenters. The van der Waals surface area contributed by atoms with Crippen LogP contribution in [0.4, 0.5) is 0 Å². The van der Waals surface area contributed by atoms with Crippen molar-refractivity contribution < 1.29 is 34.3 Å². The third-order valence-corrected chi connectivity index (χ3v) is 9.78. The summed E-state index contributed by atoms with van der Waals surface area (Å²) in [5, 5.41) is 37.2. The molecule has 4 fully saturated rings. The molecule has 0 radical (unpaired) electrons. The summed E-state index contributed by atoms with van der Waals surface area (Å²) in [6, 6.07) is 0.881. The number of aliphatic imine (C=N–C) groups is 2. The molecule has 0 aromatic heterocycles. The Bertz CT molecular complexity index is 902. The number of aliphatic hydroxyl groups excluding tert-OH is 3. The Morgan fingerprint density at radius 3 is 2.00 bits per heavy atom. The smallest absolute Gasteiger partial charge is 0.302 e. The van der Waals surface area contributed by atoms with E-state index in [0.717, 1.165) is 23.2 Å². The number of esters is 1. The van der Waals surface area contributed by atoms with E-state index in [1.165, 1.54) is 31.5 Å². The fraction of sp³-hybridized carbons (Fsp3) is 0.875. The Hall–Kier alpha value is -1.09. The summed E-state index contributed by atoms with van der Waals surface area (Å²) in [7, 11) is 0. The van der Waals surface area contributed by atoms with Crippen molar-refractivity contribution in [3.8, 4) is 0 Å². The van der Waals surface area contributed by atoms with Crippen LogP contribution in [0.1, 0.15) is 46.5 Å². The molecule has 2 saturated heterocycles. The van der Waals surface area contributed by atoms with Crippen molar-refractivity contribution in [2.75, 3.05) is 13.2 Å². The summed E-state index contributed by atoms with van der Waals surface area (Å²) < 4.78 is 16.8. The summed E-state index contributed by atoms with van der Waals surface area (Å²) in [4.78, 5) is 20.1. The zero-order valence-corrected chi connectivity index (χ0v) is 23.0. The minimum absolute atomic E-state index is 0.0295. The summed E-state index contributed by atoms with van der Waals surface area (Å²) in [6.07, 6.45) is 1.99. The van der Waals surface area contributed by atoms with Gasteiger partial charge in [0.1, 0.15) is 41.8 Å². The van der Waals surface area contributed by atoms with E-state index in [1.54, 1.807) is 11.8 Å². The third-order valence-electron chi connectivity index (χ3n) is 7.64. The number of hydrogen-bond donors (Lipinski definition) is 5. The standard InChI is InChI=1S/C14H22N2O3S.C10H16N2O4S/c1-7-8(2)12-13(19-11(7)6-18-9(3)17)20-14(16-12)15-10-4-5-10;13-3-5-7(14)8(15)6-9(16-5)17-10(12-6)11-4-1-2-4/h7-8,10-13H,4-6H2,1-3H3,(H,15,16);4-9,13-15H,1-3H2,(H,11,12)/t7-,8-,11+,12?,13?;5-,6?,7-,8-,9?/m01/s1. The lowest BCUT2D eigenvalue weighted by molar-refractivity contribution is -0.164. The molecule has 0 bridgehead atoms. The maximum absolute atomic E-state index is 11.0. The number of ether oxygens (including phenoxy) is 3. The molecule has 6 rings (SSSR count). The van der Waals surface area contributed by atoms with Crippen molar-refractivity contribution in [2.24, 2.45) is 21.8 Å². The minimum Gasteiger partial charge on any atom is -0.463 e. The monoisotopic (exact) mass is 558 g/mol. The number of hydrogen-bond acceptors (Lipinski definition) is 13. The first-order valence-corrected chi connectivity index (χ1v) is 14.9. The third kappa shape index (κ3) is 6.56. The van der Waals surface area contributed by atoms with Crippen molar-refractivity contribution in [2.45, 2.75) is 106 Å². The molecule has 0 spiro atoms. The number of nitrogens with zero attached hydrogens (tertiary/aromatic N) is 2. The number of carbonyl (C=O) groups is 1. The molecular formula is C24H38N4O7S2. The van der Waals surface area contributed by atoms with E-state index in [-0.39, 0.29) is 35.6 Å². The normalized spacial score (nSPS) is 42.4. The molecule has 2 saturated carbocycles. The molecule has 208 valence electrons. The first-order valence-electron chi connectivity index (χ1n) is 13.2. The molecular weight excluding hydrogens is 520 g/mol. The predicted octanol–water partition coefficient (Wildman–Crippen LogP) is 0.419. The highest BCUT2D eigenvalue weighted by Gasteiger charge is 2.49. The van der Waals surface area contributed by atoms with Crippen LogP contribution in [0.2, 0.25) is 0 Å². The second kappa shape index (κ2) is 11.6. The highest BCUT2D eigenvalue weighted by atomic mass is 32.2. The lowest BCUT2D eigenvalue weighted by Crippen LogP contribution is -2.55. The molecule has 2 aliphatic carbocycles. The van der Waals surface area contributed by atoms with Crippen LogP contribution in [0.25, 0.3) is 0 Å². The molecule has 0 amide bonds. The van der Waals surface area contributed by atoms with Gasteiger partial charge in [-0.2, -0.15) is 0 Å². The van der Waals surface area contributed by atoms with Gasteiger partial charge < -0.3 is 40.2 Å². The molecule has 13 heteroatoms. The molecule has 4 aliphatic heterocycles. The Kier molecular flexibility index (Phi) is 8.59. The largest absolute Gasteiger partial charge is 0.463 e. The summed E-state index contributed by atoms with van der Waals surface area (Å²) >= 11 is 3.11. The number of thioether (sulfide) groups is 2. The number of rotatable bonds is 5. The van der Waals surface area contributed by atoms with Crippen LogP contribution in [0.15, 0.2) is 9.98 Å². The van der Waals surface area contributed by atoms with Gasteiger partial charge in [-0.15, -0.1) is 0 Å². The van der Waals surface area contributed by atoms with Crippen LogP contribution >= 0.6 is 23.5 Å². The first-order chi connectivity index (χ1) is 17.7. The van der Waals surface area contributed by atoms with Gasteiger partial charge in [-0.3, -0.25) is 14.8 Å². The van der Waals surface area contributed by atoms with Crippen LogP contribution in [-0.2, 0) is 19.0 Å². The molecule has 11 nitrogen and oxygen atoms in total. The van der Waals surface area contributed by atoms with E-state index < -0.39 is 24.4 Å². The molecule has 5 N–H and O–H groups in total. The van der Waals surface area contributed by atoms with Gasteiger partial charge in [0.15, 0.2) is 10.3 Å². The number of nitrogens with one attached hydrogen (secondary N) is 2. The summed E-state index contributed by atoms with van der Waals surface area (Å²) in [5.74, 6) is 0.516. The number of fused-ring (bicyclic) bond motifs is 2. The van der Waals surface area contributed by atoms with Crippen molar-refractivity contribution in [1.82, 2.24) is 10.6 Å². The van der Waals surface area contributed by atoms with Crippen molar-refractivity contribution in [1.29, 1.82) is 0 Å². The number of carbonyl (C=O) groups excluding carboxylic acids is 1. The average Bonchev–Trinajstić information content (AvgIpc) is 3.78. The maximum Gasteiger partial charge on any atom is 0.302 e. The van der Waals surface area contributed by atoms with Crippen LogP contribution in [0, 0.1) is 11.8 Å². The van der Waals surface area contributed by atoms with E-state index in [0.29, 0.717) is 30.5 Å². The highest BCUT2D eigenvalue weighted by Crippen LogP contribution is 2.42. The van der Waals surface area contributed by atoms with Crippen LogP contribution in [0.5, 0.6) is 0 Å². The molecule has 4 heterocycles.